The Hall–Kier alpha value is -3.51. The predicted molar refractivity (Wildman–Crippen MR) is 125 cm³/mol. The number of nitrogens with one attached hydrogen (secondary N) is 2. The minimum atomic E-state index is -0.803. The molecule has 31 heavy (non-hydrogen) atoms. The van der Waals surface area contributed by atoms with Crippen molar-refractivity contribution in [3.63, 3.8) is 0 Å². The third-order valence-corrected chi connectivity index (χ3v) is 6.78. The lowest BCUT2D eigenvalue weighted by molar-refractivity contribution is -0.121. The Morgan fingerprint density at radius 3 is 2.68 bits per heavy atom. The molecule has 5 nitrogen and oxygen atoms in total. The summed E-state index contributed by atoms with van der Waals surface area (Å²) in [7, 11) is 0. The molecule has 5 rings (SSSR count). The van der Waals surface area contributed by atoms with Crippen molar-refractivity contribution in [2.75, 3.05) is 10.6 Å². The average molecular weight is 428 g/mol. The zero-order valence-corrected chi connectivity index (χ0v) is 17.8. The van der Waals surface area contributed by atoms with E-state index in [2.05, 4.69) is 16.7 Å². The first kappa shape index (κ1) is 19.5. The summed E-state index contributed by atoms with van der Waals surface area (Å²) in [5.74, 6) is -0.126. The van der Waals surface area contributed by atoms with Crippen LogP contribution in [-0.4, -0.2) is 16.8 Å². The lowest BCUT2D eigenvalue weighted by atomic mass is 9.78. The van der Waals surface area contributed by atoms with Gasteiger partial charge in [-0.2, -0.15) is 0 Å². The molecule has 1 unspecified atom stereocenters. The molecule has 0 saturated heterocycles. The molecule has 1 aromatic heterocycles. The highest BCUT2D eigenvalue weighted by Gasteiger charge is 2.36. The van der Waals surface area contributed by atoms with Crippen LogP contribution in [0.2, 0.25) is 0 Å². The molecule has 0 aliphatic carbocycles. The molecule has 0 radical (unpaired) electrons. The number of aromatic nitrogens is 1. The van der Waals surface area contributed by atoms with Gasteiger partial charge in [0.05, 0.1) is 27.1 Å². The second kappa shape index (κ2) is 7.63. The van der Waals surface area contributed by atoms with Crippen molar-refractivity contribution in [3.05, 3.63) is 88.9 Å². The van der Waals surface area contributed by atoms with Gasteiger partial charge in [0.15, 0.2) is 0 Å². The van der Waals surface area contributed by atoms with Crippen LogP contribution in [0, 0.1) is 0 Å². The van der Waals surface area contributed by atoms with Crippen molar-refractivity contribution in [2.24, 2.45) is 0 Å². The van der Waals surface area contributed by atoms with E-state index in [9.17, 15) is 9.59 Å². The van der Waals surface area contributed by atoms with Gasteiger partial charge in [-0.1, -0.05) is 42.5 Å². The minimum absolute atomic E-state index is 0.0246. The van der Waals surface area contributed by atoms with Crippen LogP contribution in [0.3, 0.4) is 0 Å². The summed E-state index contributed by atoms with van der Waals surface area (Å²) < 4.78 is 1.11. The first-order valence-electron chi connectivity index (χ1n) is 10.2. The van der Waals surface area contributed by atoms with Gasteiger partial charge < -0.3 is 10.6 Å². The van der Waals surface area contributed by atoms with Crippen molar-refractivity contribution in [1.29, 1.82) is 0 Å². The van der Waals surface area contributed by atoms with Crippen LogP contribution in [0.15, 0.2) is 72.8 Å². The third kappa shape index (κ3) is 3.70. The Balaban J connectivity index is 1.48. The quantitative estimate of drug-likeness (QED) is 0.474. The number of para-hydroxylation sites is 1. The minimum Gasteiger partial charge on any atom is -0.326 e. The van der Waals surface area contributed by atoms with Crippen molar-refractivity contribution >= 4 is 44.7 Å². The normalized spacial score (nSPS) is 14.7. The number of nitrogens with zero attached hydrogens (tertiary/aromatic N) is 1. The van der Waals surface area contributed by atoms with Crippen LogP contribution in [0.1, 0.15) is 23.1 Å². The monoisotopic (exact) mass is 427 g/mol. The second-order valence-electron chi connectivity index (χ2n) is 8.00. The zero-order valence-electron chi connectivity index (χ0n) is 17.0. The van der Waals surface area contributed by atoms with E-state index >= 15 is 0 Å². The second-order valence-corrected chi connectivity index (χ2v) is 9.12. The molecule has 6 heteroatoms. The van der Waals surface area contributed by atoms with Gasteiger partial charge in [-0.05, 0) is 48.4 Å². The van der Waals surface area contributed by atoms with E-state index in [1.54, 1.807) is 11.3 Å². The van der Waals surface area contributed by atoms with Gasteiger partial charge in [0.25, 0.3) is 0 Å². The highest BCUT2D eigenvalue weighted by molar-refractivity contribution is 7.18. The van der Waals surface area contributed by atoms with Crippen molar-refractivity contribution in [2.45, 2.75) is 25.2 Å². The van der Waals surface area contributed by atoms with Crippen LogP contribution in [0.4, 0.5) is 11.4 Å². The number of rotatable bonds is 5. The number of carbonyl (C=O) groups excluding carboxylic acids is 2. The van der Waals surface area contributed by atoms with E-state index in [1.807, 2.05) is 73.7 Å². The summed E-state index contributed by atoms with van der Waals surface area (Å²) in [5.41, 5.74) is 3.48. The maximum atomic E-state index is 13.6. The summed E-state index contributed by atoms with van der Waals surface area (Å²) in [6.45, 7) is 1.96. The lowest BCUT2D eigenvalue weighted by Crippen LogP contribution is -2.39. The largest absolute Gasteiger partial charge is 0.326 e. The zero-order chi connectivity index (χ0) is 21.4. The van der Waals surface area contributed by atoms with E-state index in [-0.39, 0.29) is 11.8 Å². The maximum absolute atomic E-state index is 13.6. The van der Waals surface area contributed by atoms with Gasteiger partial charge in [-0.15, -0.1) is 11.3 Å². The molecule has 154 valence electrons. The highest BCUT2D eigenvalue weighted by Crippen LogP contribution is 2.34. The Bertz CT molecular complexity index is 1270. The van der Waals surface area contributed by atoms with E-state index in [0.29, 0.717) is 18.5 Å². The van der Waals surface area contributed by atoms with Gasteiger partial charge in [-0.25, -0.2) is 4.98 Å². The molecular weight excluding hydrogens is 406 g/mol. The average Bonchev–Trinajstić information content (AvgIpc) is 3.35. The van der Waals surface area contributed by atoms with Crippen LogP contribution >= 0.6 is 11.3 Å². The number of benzene rings is 3. The third-order valence-electron chi connectivity index (χ3n) is 5.74. The molecule has 3 aromatic carbocycles. The first-order valence-corrected chi connectivity index (χ1v) is 11.0. The van der Waals surface area contributed by atoms with Gasteiger partial charge >= 0.3 is 0 Å². The van der Waals surface area contributed by atoms with Crippen molar-refractivity contribution in [1.82, 2.24) is 4.98 Å². The summed E-state index contributed by atoms with van der Waals surface area (Å²) in [5, 5.41) is 6.82. The van der Waals surface area contributed by atoms with Gasteiger partial charge in [0.2, 0.25) is 11.8 Å². The van der Waals surface area contributed by atoms with Crippen molar-refractivity contribution in [3.8, 4) is 0 Å². The first-order chi connectivity index (χ1) is 15.0. The molecule has 2 heterocycles. The number of fused-ring (bicyclic) bond motifs is 2. The lowest BCUT2D eigenvalue weighted by Gasteiger charge is -2.28. The SMILES string of the molecule is CC(Cc1nc2ccccc2s1)(C(=O)Nc1ccc2c(c1)CC(=O)N2)c1ccccc1. The standard InChI is InChI=1S/C25H21N3O2S/c1-25(17-7-3-2-4-8-17,15-23-28-20-9-5-6-10-21(20)31-23)24(30)26-18-11-12-19-16(13-18)14-22(29)27-19/h2-13H,14-15H2,1H3,(H,26,30)(H,27,29). The molecule has 0 fully saturated rings. The number of thiazole rings is 1. The van der Waals surface area contributed by atoms with Gasteiger partial charge in [0, 0.05) is 17.8 Å². The van der Waals surface area contributed by atoms with Crippen LogP contribution < -0.4 is 10.6 Å². The Morgan fingerprint density at radius 2 is 1.87 bits per heavy atom. The Kier molecular flexibility index (Phi) is 4.79. The number of hydrogen-bond donors (Lipinski definition) is 2. The Morgan fingerprint density at radius 1 is 1.10 bits per heavy atom. The van der Waals surface area contributed by atoms with Crippen molar-refractivity contribution < 1.29 is 9.59 Å². The van der Waals surface area contributed by atoms with Crippen LogP contribution in [0.5, 0.6) is 0 Å². The highest BCUT2D eigenvalue weighted by atomic mass is 32.1. The van der Waals surface area contributed by atoms with Crippen LogP contribution in [-0.2, 0) is 27.8 Å². The fourth-order valence-electron chi connectivity index (χ4n) is 3.99. The van der Waals surface area contributed by atoms with Gasteiger partial charge in [-0.3, -0.25) is 9.59 Å². The maximum Gasteiger partial charge on any atom is 0.235 e. The number of anilines is 2. The fourth-order valence-corrected chi connectivity index (χ4v) is 5.12. The fraction of sp³-hybridized carbons (Fsp3) is 0.160. The molecular formula is C25H21N3O2S. The molecule has 2 N–H and O–H groups in total. The van der Waals surface area contributed by atoms with E-state index in [0.717, 1.165) is 32.0 Å². The number of carbonyl (C=O) groups is 2. The summed E-state index contributed by atoms with van der Waals surface area (Å²) in [6.07, 6.45) is 0.827. The van der Waals surface area contributed by atoms with Crippen LogP contribution in [0.25, 0.3) is 10.2 Å². The van der Waals surface area contributed by atoms with Gasteiger partial charge in [0.1, 0.15) is 0 Å². The summed E-state index contributed by atoms with van der Waals surface area (Å²) in [6, 6.07) is 23.4. The van der Waals surface area contributed by atoms with E-state index in [1.165, 1.54) is 0 Å². The predicted octanol–water partition coefficient (Wildman–Crippen LogP) is 4.93. The topological polar surface area (TPSA) is 71.1 Å². The molecule has 1 aliphatic rings. The molecule has 1 atom stereocenters. The molecule has 4 aromatic rings. The molecule has 0 spiro atoms. The smallest absolute Gasteiger partial charge is 0.235 e. The Labute approximate surface area is 184 Å². The molecule has 0 bridgehead atoms. The number of amides is 2. The van der Waals surface area contributed by atoms with E-state index < -0.39 is 5.41 Å². The molecule has 1 aliphatic heterocycles. The summed E-state index contributed by atoms with van der Waals surface area (Å²) in [4.78, 5) is 30.0. The number of hydrogen-bond acceptors (Lipinski definition) is 4. The molecule has 0 saturated carbocycles. The molecule has 2 amide bonds. The summed E-state index contributed by atoms with van der Waals surface area (Å²) >= 11 is 1.62. The van der Waals surface area contributed by atoms with E-state index in [4.69, 9.17) is 4.98 Å².